The fraction of sp³-hybridized carbons (Fsp3) is 0.714. The van der Waals surface area contributed by atoms with Crippen molar-refractivity contribution in [1.82, 2.24) is 14.7 Å². The minimum absolute atomic E-state index is 0.0952. The fourth-order valence-corrected chi connectivity index (χ4v) is 3.10. The maximum Gasteiger partial charge on any atom is 0.243 e. The molecule has 0 spiro atoms. The molecule has 21 heavy (non-hydrogen) atoms. The van der Waals surface area contributed by atoms with Crippen LogP contribution in [0.15, 0.2) is 17.3 Å². The van der Waals surface area contributed by atoms with Gasteiger partial charge in [-0.3, -0.25) is 0 Å². The van der Waals surface area contributed by atoms with Crippen LogP contribution in [-0.4, -0.2) is 31.0 Å². The Hall–Kier alpha value is -1.21. The molecule has 1 atom stereocenters. The van der Waals surface area contributed by atoms with Gasteiger partial charge in [-0.15, -0.1) is 0 Å². The van der Waals surface area contributed by atoms with E-state index in [1.165, 1.54) is 12.4 Å². The summed E-state index contributed by atoms with van der Waals surface area (Å²) in [5.74, 6) is 1.07. The van der Waals surface area contributed by atoms with Crippen LogP contribution in [0.5, 0.6) is 0 Å². The summed E-state index contributed by atoms with van der Waals surface area (Å²) in [7, 11) is -3.54. The van der Waals surface area contributed by atoms with E-state index in [1.54, 1.807) is 0 Å². The second-order valence-corrected chi connectivity index (χ2v) is 7.33. The van der Waals surface area contributed by atoms with E-state index >= 15 is 0 Å². The van der Waals surface area contributed by atoms with Crippen LogP contribution < -0.4 is 10.0 Å². The van der Waals surface area contributed by atoms with Crippen molar-refractivity contribution < 1.29 is 8.42 Å². The first-order chi connectivity index (χ1) is 9.85. The Labute approximate surface area is 127 Å². The van der Waals surface area contributed by atoms with E-state index in [-0.39, 0.29) is 10.9 Å². The van der Waals surface area contributed by atoms with Crippen molar-refractivity contribution in [2.24, 2.45) is 5.92 Å². The van der Waals surface area contributed by atoms with Gasteiger partial charge in [0.2, 0.25) is 16.0 Å². The van der Waals surface area contributed by atoms with E-state index in [0.717, 1.165) is 19.3 Å². The van der Waals surface area contributed by atoms with Crippen molar-refractivity contribution in [1.29, 1.82) is 0 Å². The highest BCUT2D eigenvalue weighted by Gasteiger charge is 2.18. The molecule has 0 bridgehead atoms. The molecule has 1 heterocycles. The maximum atomic E-state index is 12.2. The van der Waals surface area contributed by atoms with Gasteiger partial charge in [-0.05, 0) is 26.2 Å². The quantitative estimate of drug-likeness (QED) is 0.731. The third-order valence-electron chi connectivity index (χ3n) is 3.05. The SMILES string of the molecule is CCNc1ncc(S(=O)(=O)NC(C)CCCC(C)C)cn1. The number of nitrogens with one attached hydrogen (secondary N) is 2. The molecule has 0 aliphatic carbocycles. The van der Waals surface area contributed by atoms with Crippen molar-refractivity contribution in [2.75, 3.05) is 11.9 Å². The number of hydrogen-bond acceptors (Lipinski definition) is 5. The molecule has 0 fully saturated rings. The number of aromatic nitrogens is 2. The summed E-state index contributed by atoms with van der Waals surface area (Å²) < 4.78 is 27.1. The second kappa shape index (κ2) is 8.29. The first-order valence-electron chi connectivity index (χ1n) is 7.43. The van der Waals surface area contributed by atoms with Gasteiger partial charge in [0, 0.05) is 12.6 Å². The molecule has 1 rings (SSSR count). The van der Waals surface area contributed by atoms with Crippen molar-refractivity contribution in [3.05, 3.63) is 12.4 Å². The Bertz CT molecular complexity index is 514. The lowest BCUT2D eigenvalue weighted by molar-refractivity contribution is 0.488. The van der Waals surface area contributed by atoms with Crippen LogP contribution in [0.25, 0.3) is 0 Å². The van der Waals surface area contributed by atoms with E-state index in [0.29, 0.717) is 18.4 Å². The number of hydrogen-bond donors (Lipinski definition) is 2. The topological polar surface area (TPSA) is 84.0 Å². The largest absolute Gasteiger partial charge is 0.355 e. The van der Waals surface area contributed by atoms with Gasteiger partial charge in [0.05, 0.1) is 12.4 Å². The third-order valence-corrected chi connectivity index (χ3v) is 4.59. The Morgan fingerprint density at radius 2 is 1.76 bits per heavy atom. The molecule has 6 nitrogen and oxygen atoms in total. The Morgan fingerprint density at radius 3 is 2.29 bits per heavy atom. The van der Waals surface area contributed by atoms with Gasteiger partial charge in [0.25, 0.3) is 0 Å². The van der Waals surface area contributed by atoms with Gasteiger partial charge in [0.1, 0.15) is 4.90 Å². The zero-order valence-electron chi connectivity index (χ0n) is 13.3. The van der Waals surface area contributed by atoms with Crippen LogP contribution in [-0.2, 0) is 10.0 Å². The number of anilines is 1. The van der Waals surface area contributed by atoms with Gasteiger partial charge in [-0.1, -0.05) is 26.7 Å². The molecule has 7 heteroatoms. The monoisotopic (exact) mass is 314 g/mol. The number of nitrogens with zero attached hydrogens (tertiary/aromatic N) is 2. The molecule has 0 amide bonds. The van der Waals surface area contributed by atoms with Crippen LogP contribution in [0.1, 0.15) is 47.0 Å². The van der Waals surface area contributed by atoms with Gasteiger partial charge in [-0.25, -0.2) is 23.1 Å². The molecule has 0 aliphatic rings. The average Bonchev–Trinajstić information content (AvgIpc) is 2.38. The standard InChI is InChI=1S/C14H26N4O2S/c1-5-15-14-16-9-13(10-17-14)21(19,20)18-12(4)8-6-7-11(2)3/h9-12,18H,5-8H2,1-4H3,(H,15,16,17). The maximum absolute atomic E-state index is 12.2. The van der Waals surface area contributed by atoms with E-state index in [4.69, 9.17) is 0 Å². The lowest BCUT2D eigenvalue weighted by atomic mass is 10.0. The number of rotatable bonds is 9. The molecule has 0 aliphatic heterocycles. The molecule has 1 unspecified atom stereocenters. The highest BCUT2D eigenvalue weighted by atomic mass is 32.2. The first-order valence-corrected chi connectivity index (χ1v) is 8.91. The average molecular weight is 314 g/mol. The molecule has 120 valence electrons. The summed E-state index contributed by atoms with van der Waals surface area (Å²) in [6.07, 6.45) is 5.60. The zero-order chi connectivity index (χ0) is 15.9. The summed E-state index contributed by atoms with van der Waals surface area (Å²) in [6, 6.07) is -0.0952. The summed E-state index contributed by atoms with van der Waals surface area (Å²) in [5, 5.41) is 2.93. The van der Waals surface area contributed by atoms with E-state index in [2.05, 4.69) is 33.9 Å². The molecule has 0 radical (unpaired) electrons. The minimum atomic E-state index is -3.54. The van der Waals surface area contributed by atoms with E-state index < -0.39 is 10.0 Å². The van der Waals surface area contributed by atoms with Gasteiger partial charge < -0.3 is 5.32 Å². The lowest BCUT2D eigenvalue weighted by Crippen LogP contribution is -2.32. The predicted octanol–water partition coefficient (Wildman–Crippen LogP) is 2.40. The Morgan fingerprint density at radius 1 is 1.14 bits per heavy atom. The van der Waals surface area contributed by atoms with Crippen molar-refractivity contribution in [3.63, 3.8) is 0 Å². The van der Waals surface area contributed by atoms with Gasteiger partial charge in [0.15, 0.2) is 0 Å². The third kappa shape index (κ3) is 6.39. The van der Waals surface area contributed by atoms with Gasteiger partial charge >= 0.3 is 0 Å². The second-order valence-electron chi connectivity index (χ2n) is 5.62. The van der Waals surface area contributed by atoms with Crippen molar-refractivity contribution in [2.45, 2.75) is 57.9 Å². The highest BCUT2D eigenvalue weighted by Crippen LogP contribution is 2.12. The van der Waals surface area contributed by atoms with Crippen molar-refractivity contribution >= 4 is 16.0 Å². The zero-order valence-corrected chi connectivity index (χ0v) is 14.1. The Balaban J connectivity index is 2.59. The predicted molar refractivity (Wildman–Crippen MR) is 84.7 cm³/mol. The fourth-order valence-electron chi connectivity index (χ4n) is 1.93. The summed E-state index contributed by atoms with van der Waals surface area (Å²) >= 11 is 0. The lowest BCUT2D eigenvalue weighted by Gasteiger charge is -2.14. The minimum Gasteiger partial charge on any atom is -0.355 e. The molecular weight excluding hydrogens is 288 g/mol. The Kier molecular flexibility index (Phi) is 7.04. The first kappa shape index (κ1) is 17.8. The molecule has 0 saturated heterocycles. The van der Waals surface area contributed by atoms with Crippen molar-refractivity contribution in [3.8, 4) is 0 Å². The molecule has 1 aromatic rings. The van der Waals surface area contributed by atoms with E-state index in [9.17, 15) is 8.42 Å². The highest BCUT2D eigenvalue weighted by molar-refractivity contribution is 7.89. The van der Waals surface area contributed by atoms with Crippen LogP contribution in [0, 0.1) is 5.92 Å². The molecule has 0 aromatic carbocycles. The smallest absolute Gasteiger partial charge is 0.243 e. The summed E-state index contributed by atoms with van der Waals surface area (Å²) in [6.45, 7) is 8.83. The molecule has 2 N–H and O–H groups in total. The summed E-state index contributed by atoms with van der Waals surface area (Å²) in [4.78, 5) is 8.07. The van der Waals surface area contributed by atoms with Crippen LogP contribution >= 0.6 is 0 Å². The van der Waals surface area contributed by atoms with Crippen LogP contribution in [0.2, 0.25) is 0 Å². The molecule has 1 aromatic heterocycles. The van der Waals surface area contributed by atoms with E-state index in [1.807, 2.05) is 13.8 Å². The van der Waals surface area contributed by atoms with Gasteiger partial charge in [-0.2, -0.15) is 0 Å². The number of sulfonamides is 1. The van der Waals surface area contributed by atoms with Crippen LogP contribution in [0.3, 0.4) is 0 Å². The molecule has 0 saturated carbocycles. The summed E-state index contributed by atoms with van der Waals surface area (Å²) in [5.41, 5.74) is 0. The molecular formula is C14H26N4O2S. The van der Waals surface area contributed by atoms with Crippen LogP contribution in [0.4, 0.5) is 5.95 Å². The normalized spacial score (nSPS) is 13.4.